The minimum Gasteiger partial charge on any atom is -0.329 e. The predicted molar refractivity (Wildman–Crippen MR) is 85.2 cm³/mol. The number of allylic oxidation sites excluding steroid dienone is 1. The van der Waals surface area contributed by atoms with Crippen molar-refractivity contribution < 1.29 is 18.4 Å². The van der Waals surface area contributed by atoms with Gasteiger partial charge in [0.2, 0.25) is 5.91 Å². The molecular weight excluding hydrogens is 314 g/mol. The van der Waals surface area contributed by atoms with Crippen LogP contribution in [0.3, 0.4) is 0 Å². The van der Waals surface area contributed by atoms with E-state index in [1.54, 1.807) is 20.8 Å². The van der Waals surface area contributed by atoms with E-state index in [1.807, 2.05) is 0 Å². The summed E-state index contributed by atoms with van der Waals surface area (Å²) in [4.78, 5) is 26.0. The van der Waals surface area contributed by atoms with Crippen LogP contribution in [-0.2, 0) is 16.8 Å². The maximum absolute atomic E-state index is 14.9. The first-order valence-corrected chi connectivity index (χ1v) is 7.92. The SMILES string of the molecule is C=C1CCC(N2Cc3c(cc(F)c(C(C)(C)C)c3F)C2=O)C(=O)N1. The lowest BCUT2D eigenvalue weighted by atomic mass is 9.84. The smallest absolute Gasteiger partial charge is 0.255 e. The molecule has 2 amide bonds. The molecule has 1 aromatic carbocycles. The zero-order valence-corrected chi connectivity index (χ0v) is 14.0. The van der Waals surface area contributed by atoms with Crippen LogP contribution >= 0.6 is 0 Å². The Morgan fingerprint density at radius 2 is 1.96 bits per heavy atom. The molecule has 2 aliphatic heterocycles. The van der Waals surface area contributed by atoms with Gasteiger partial charge in [0.25, 0.3) is 5.91 Å². The van der Waals surface area contributed by atoms with Crippen LogP contribution in [0.25, 0.3) is 0 Å². The Bertz CT molecular complexity index is 765. The zero-order chi connectivity index (χ0) is 17.8. The lowest BCUT2D eigenvalue weighted by molar-refractivity contribution is -0.126. The van der Waals surface area contributed by atoms with E-state index in [0.29, 0.717) is 18.5 Å². The molecule has 1 atom stereocenters. The van der Waals surface area contributed by atoms with Crippen molar-refractivity contribution in [3.8, 4) is 0 Å². The molecule has 3 rings (SSSR count). The number of piperidine rings is 1. The molecule has 1 N–H and O–H groups in total. The van der Waals surface area contributed by atoms with Crippen LogP contribution in [0.1, 0.15) is 55.1 Å². The van der Waals surface area contributed by atoms with Gasteiger partial charge in [-0.05, 0) is 24.3 Å². The summed E-state index contributed by atoms with van der Waals surface area (Å²) >= 11 is 0. The molecule has 6 heteroatoms. The second-order valence-electron chi connectivity index (χ2n) is 7.40. The van der Waals surface area contributed by atoms with Crippen molar-refractivity contribution in [2.24, 2.45) is 0 Å². The highest BCUT2D eigenvalue weighted by Crippen LogP contribution is 2.36. The molecule has 2 aliphatic rings. The van der Waals surface area contributed by atoms with E-state index in [4.69, 9.17) is 0 Å². The summed E-state index contributed by atoms with van der Waals surface area (Å²) < 4.78 is 29.2. The Hall–Kier alpha value is -2.24. The molecule has 0 spiro atoms. The van der Waals surface area contributed by atoms with Crippen molar-refractivity contribution >= 4 is 11.8 Å². The summed E-state index contributed by atoms with van der Waals surface area (Å²) in [6.45, 7) is 8.84. The Morgan fingerprint density at radius 3 is 2.54 bits per heavy atom. The van der Waals surface area contributed by atoms with Gasteiger partial charge in [-0.2, -0.15) is 0 Å². The van der Waals surface area contributed by atoms with Gasteiger partial charge in [-0.25, -0.2) is 8.78 Å². The van der Waals surface area contributed by atoms with E-state index in [2.05, 4.69) is 11.9 Å². The zero-order valence-electron chi connectivity index (χ0n) is 14.0. The minimum absolute atomic E-state index is 0.00944. The number of amides is 2. The van der Waals surface area contributed by atoms with Crippen LogP contribution in [-0.4, -0.2) is 22.8 Å². The summed E-state index contributed by atoms with van der Waals surface area (Å²) in [5.74, 6) is -2.25. The maximum Gasteiger partial charge on any atom is 0.255 e. The topological polar surface area (TPSA) is 49.4 Å². The Morgan fingerprint density at radius 1 is 1.29 bits per heavy atom. The fourth-order valence-corrected chi connectivity index (χ4v) is 3.40. The predicted octanol–water partition coefficient (Wildman–Crippen LogP) is 3.01. The fourth-order valence-electron chi connectivity index (χ4n) is 3.40. The average molecular weight is 334 g/mol. The normalized spacial score (nSPS) is 21.1. The third kappa shape index (κ3) is 2.50. The molecular formula is C18H20F2N2O2. The van der Waals surface area contributed by atoms with Crippen molar-refractivity contribution in [3.05, 3.63) is 46.7 Å². The molecule has 0 aromatic heterocycles. The van der Waals surface area contributed by atoms with Gasteiger partial charge in [0.1, 0.15) is 17.7 Å². The third-order valence-electron chi connectivity index (χ3n) is 4.59. The minimum atomic E-state index is -0.726. The third-order valence-corrected chi connectivity index (χ3v) is 4.59. The molecule has 128 valence electrons. The van der Waals surface area contributed by atoms with E-state index in [9.17, 15) is 18.4 Å². The highest BCUT2D eigenvalue weighted by molar-refractivity contribution is 6.01. The summed E-state index contributed by atoms with van der Waals surface area (Å²) in [5, 5.41) is 2.62. The van der Waals surface area contributed by atoms with Crippen LogP contribution < -0.4 is 5.32 Å². The average Bonchev–Trinajstić information content (AvgIpc) is 2.75. The van der Waals surface area contributed by atoms with Crippen molar-refractivity contribution in [1.82, 2.24) is 10.2 Å². The van der Waals surface area contributed by atoms with E-state index < -0.39 is 29.0 Å². The van der Waals surface area contributed by atoms with Gasteiger partial charge < -0.3 is 10.2 Å². The maximum atomic E-state index is 14.9. The first-order chi connectivity index (χ1) is 11.1. The molecule has 24 heavy (non-hydrogen) atoms. The highest BCUT2D eigenvalue weighted by Gasteiger charge is 2.41. The number of carbonyl (C=O) groups excluding carboxylic acids is 2. The lowest BCUT2D eigenvalue weighted by Gasteiger charge is -2.30. The Kier molecular flexibility index (Phi) is 3.73. The molecule has 1 fully saturated rings. The molecule has 1 unspecified atom stereocenters. The number of hydrogen-bond acceptors (Lipinski definition) is 2. The van der Waals surface area contributed by atoms with E-state index in [-0.39, 0.29) is 29.1 Å². The molecule has 0 bridgehead atoms. The van der Waals surface area contributed by atoms with Gasteiger partial charge in [0, 0.05) is 16.8 Å². The second kappa shape index (κ2) is 5.40. The number of benzene rings is 1. The molecule has 1 saturated heterocycles. The second-order valence-corrected chi connectivity index (χ2v) is 7.40. The van der Waals surface area contributed by atoms with E-state index >= 15 is 0 Å². The standard InChI is InChI=1S/C18H20F2N2O2/c1-9-5-6-13(16(23)21-9)22-8-11-10(17(22)24)7-12(19)14(15(11)20)18(2,3)4/h7,13H,1,5-6,8H2,2-4H3,(H,21,23). The van der Waals surface area contributed by atoms with Crippen LogP contribution in [0.2, 0.25) is 0 Å². The Labute approximate surface area is 139 Å². The number of fused-ring (bicyclic) bond motifs is 1. The van der Waals surface area contributed by atoms with E-state index in [1.165, 1.54) is 4.90 Å². The molecule has 0 aliphatic carbocycles. The largest absolute Gasteiger partial charge is 0.329 e. The van der Waals surface area contributed by atoms with Crippen LogP contribution in [0.15, 0.2) is 18.3 Å². The van der Waals surface area contributed by atoms with Crippen molar-refractivity contribution in [3.63, 3.8) is 0 Å². The van der Waals surface area contributed by atoms with Crippen molar-refractivity contribution in [2.45, 2.75) is 51.6 Å². The molecule has 2 heterocycles. The van der Waals surface area contributed by atoms with Crippen LogP contribution in [0.5, 0.6) is 0 Å². The van der Waals surface area contributed by atoms with Gasteiger partial charge in [0.15, 0.2) is 0 Å². The summed E-state index contributed by atoms with van der Waals surface area (Å²) in [7, 11) is 0. The monoisotopic (exact) mass is 334 g/mol. The number of hydrogen-bond donors (Lipinski definition) is 1. The van der Waals surface area contributed by atoms with Gasteiger partial charge in [0.05, 0.1) is 12.1 Å². The fraction of sp³-hybridized carbons (Fsp3) is 0.444. The number of nitrogens with zero attached hydrogens (tertiary/aromatic N) is 1. The van der Waals surface area contributed by atoms with Gasteiger partial charge in [-0.3, -0.25) is 9.59 Å². The van der Waals surface area contributed by atoms with E-state index in [0.717, 1.165) is 6.07 Å². The first-order valence-electron chi connectivity index (χ1n) is 7.92. The number of carbonyl (C=O) groups is 2. The Balaban J connectivity index is 2.00. The molecule has 0 saturated carbocycles. The van der Waals surface area contributed by atoms with Crippen molar-refractivity contribution in [1.29, 1.82) is 0 Å². The van der Waals surface area contributed by atoms with Gasteiger partial charge in [-0.1, -0.05) is 27.4 Å². The first kappa shape index (κ1) is 16.6. The lowest BCUT2D eigenvalue weighted by Crippen LogP contribution is -2.49. The van der Waals surface area contributed by atoms with Crippen molar-refractivity contribution in [2.75, 3.05) is 0 Å². The number of halogens is 2. The van der Waals surface area contributed by atoms with Gasteiger partial charge >= 0.3 is 0 Å². The molecule has 1 aromatic rings. The van der Waals surface area contributed by atoms with Gasteiger partial charge in [-0.15, -0.1) is 0 Å². The number of nitrogens with one attached hydrogen (secondary N) is 1. The summed E-state index contributed by atoms with van der Waals surface area (Å²) in [6, 6.07) is 0.414. The van der Waals surface area contributed by atoms with Crippen LogP contribution in [0.4, 0.5) is 8.78 Å². The summed E-state index contributed by atoms with van der Waals surface area (Å²) in [5.41, 5.74) is 0.0309. The number of rotatable bonds is 1. The highest BCUT2D eigenvalue weighted by atomic mass is 19.1. The van der Waals surface area contributed by atoms with Crippen LogP contribution in [0, 0.1) is 11.6 Å². The molecule has 0 radical (unpaired) electrons. The summed E-state index contributed by atoms with van der Waals surface area (Å²) in [6.07, 6.45) is 0.987. The molecule has 4 nitrogen and oxygen atoms in total. The quantitative estimate of drug-likeness (QED) is 0.858.